The molecule has 0 spiro atoms. The highest BCUT2D eigenvalue weighted by Crippen LogP contribution is 2.52. The summed E-state index contributed by atoms with van der Waals surface area (Å²) in [6, 6.07) is 9.94. The van der Waals surface area contributed by atoms with E-state index in [2.05, 4.69) is 0 Å². The van der Waals surface area contributed by atoms with E-state index >= 15 is 0 Å². The van der Waals surface area contributed by atoms with E-state index in [4.69, 9.17) is 9.47 Å². The molecule has 0 bridgehead atoms. The number of nitrogens with zero attached hydrogens (tertiary/aromatic N) is 1. The third-order valence-electron chi connectivity index (χ3n) is 6.82. The van der Waals surface area contributed by atoms with Gasteiger partial charge in [-0.1, -0.05) is 49.4 Å². The Hall–Kier alpha value is -3.78. The number of anilines is 1. The second-order valence-electron chi connectivity index (χ2n) is 8.76. The second kappa shape index (κ2) is 7.38. The number of carbonyl (C=O) groups is 2. The minimum absolute atomic E-state index is 0.00417. The number of phenolic OH excluding ortho intramolecular Hbond substituents is 1. The molecule has 0 radical (unpaired) electrons. The van der Waals surface area contributed by atoms with Gasteiger partial charge in [-0.25, -0.2) is 0 Å². The van der Waals surface area contributed by atoms with Gasteiger partial charge in [0.05, 0.1) is 12.5 Å². The fourth-order valence-electron chi connectivity index (χ4n) is 5.08. The van der Waals surface area contributed by atoms with Gasteiger partial charge >= 0.3 is 5.97 Å². The molecule has 8 heteroatoms. The molecule has 0 saturated heterocycles. The summed E-state index contributed by atoms with van der Waals surface area (Å²) in [5.74, 6) is -1.74. The number of carboxylic acid groups (broad SMARTS) is 1. The van der Waals surface area contributed by atoms with Gasteiger partial charge in [0.15, 0.2) is 11.5 Å². The van der Waals surface area contributed by atoms with Crippen LogP contribution in [0, 0.1) is 11.3 Å². The van der Waals surface area contributed by atoms with Crippen molar-refractivity contribution in [2.45, 2.75) is 12.3 Å². The van der Waals surface area contributed by atoms with Gasteiger partial charge in [0.1, 0.15) is 11.2 Å². The molecule has 2 aliphatic heterocycles. The minimum atomic E-state index is -1.58. The first-order valence-electron chi connectivity index (χ1n) is 10.6. The lowest BCUT2D eigenvalue weighted by molar-refractivity contribution is -0.143. The number of aliphatic carboxylic acids is 1. The van der Waals surface area contributed by atoms with E-state index in [1.807, 2.05) is 0 Å². The first-order valence-corrected chi connectivity index (χ1v) is 10.6. The predicted octanol–water partition coefficient (Wildman–Crippen LogP) is 2.58. The molecule has 8 nitrogen and oxygen atoms in total. The number of benzene rings is 2. The number of amides is 1. The van der Waals surface area contributed by atoms with E-state index in [1.165, 1.54) is 17.0 Å². The van der Waals surface area contributed by atoms with Crippen LogP contribution in [-0.2, 0) is 15.0 Å². The average Bonchev–Trinajstić information content (AvgIpc) is 3.34. The minimum Gasteiger partial charge on any atom is -0.507 e. The van der Waals surface area contributed by atoms with E-state index in [-0.39, 0.29) is 24.7 Å². The molecule has 2 aromatic carbocycles. The molecule has 3 atom stereocenters. The number of carboxylic acids is 1. The molecule has 1 aliphatic carbocycles. The molecule has 2 aromatic rings. The SMILES string of the molecule is CC1(CN2C(=O)C(CO)(c3cc4c(cc3O)OCO4)c3ccccc32)C=CC=CC1C(=O)O. The van der Waals surface area contributed by atoms with Crippen LogP contribution in [0.4, 0.5) is 5.69 Å². The van der Waals surface area contributed by atoms with Crippen molar-refractivity contribution in [3.05, 3.63) is 71.8 Å². The Morgan fingerprint density at radius 1 is 1.15 bits per heavy atom. The van der Waals surface area contributed by atoms with Crippen molar-refractivity contribution in [2.24, 2.45) is 11.3 Å². The van der Waals surface area contributed by atoms with Crippen LogP contribution in [0.25, 0.3) is 0 Å². The Morgan fingerprint density at radius 3 is 2.61 bits per heavy atom. The van der Waals surface area contributed by atoms with Gasteiger partial charge in [0, 0.05) is 29.3 Å². The van der Waals surface area contributed by atoms with Crippen LogP contribution >= 0.6 is 0 Å². The average molecular weight is 449 g/mol. The number of phenols is 1. The molecule has 170 valence electrons. The normalized spacial score (nSPS) is 27.2. The summed E-state index contributed by atoms with van der Waals surface area (Å²) in [6.07, 6.45) is 6.86. The lowest BCUT2D eigenvalue weighted by atomic mass is 9.73. The smallest absolute Gasteiger partial charge is 0.311 e. The fraction of sp³-hybridized carbons (Fsp3) is 0.280. The van der Waals surface area contributed by atoms with E-state index < -0.39 is 35.2 Å². The first kappa shape index (κ1) is 21.1. The molecule has 3 unspecified atom stereocenters. The number of hydrogen-bond acceptors (Lipinski definition) is 6. The Labute approximate surface area is 190 Å². The standard InChI is InChI=1S/C25H23NO7/c1-24(9-5-4-7-16(24)22(29)30)12-26-18-8-3-2-6-15(18)25(13-27,23(26)31)17-10-20-21(11-19(17)28)33-14-32-20/h2-11,16,27-28H,12-14H2,1H3,(H,29,30). The maximum atomic E-state index is 14.1. The van der Waals surface area contributed by atoms with Gasteiger partial charge < -0.3 is 29.7 Å². The summed E-state index contributed by atoms with van der Waals surface area (Å²) in [5, 5.41) is 31.2. The van der Waals surface area contributed by atoms with Crippen LogP contribution in [0.3, 0.4) is 0 Å². The molecule has 33 heavy (non-hydrogen) atoms. The summed E-state index contributed by atoms with van der Waals surface area (Å²) < 4.78 is 10.8. The quantitative estimate of drug-likeness (QED) is 0.642. The van der Waals surface area contributed by atoms with Gasteiger partial charge in [-0.2, -0.15) is 0 Å². The maximum Gasteiger partial charge on any atom is 0.311 e. The first-order chi connectivity index (χ1) is 15.8. The zero-order chi connectivity index (χ0) is 23.4. The summed E-state index contributed by atoms with van der Waals surface area (Å²) >= 11 is 0. The van der Waals surface area contributed by atoms with Crippen molar-refractivity contribution in [1.29, 1.82) is 0 Å². The summed E-state index contributed by atoms with van der Waals surface area (Å²) in [6.45, 7) is 1.27. The predicted molar refractivity (Wildman–Crippen MR) is 118 cm³/mol. The highest BCUT2D eigenvalue weighted by Gasteiger charge is 2.55. The van der Waals surface area contributed by atoms with Crippen LogP contribution < -0.4 is 14.4 Å². The third-order valence-corrected chi connectivity index (χ3v) is 6.82. The molecule has 5 rings (SSSR count). The van der Waals surface area contributed by atoms with Crippen LogP contribution in [0.15, 0.2) is 60.7 Å². The molecule has 3 aliphatic rings. The van der Waals surface area contributed by atoms with Crippen LogP contribution in [0.2, 0.25) is 0 Å². The van der Waals surface area contributed by atoms with Crippen molar-refractivity contribution in [3.63, 3.8) is 0 Å². The lowest BCUT2D eigenvalue weighted by Gasteiger charge is -2.37. The zero-order valence-corrected chi connectivity index (χ0v) is 17.9. The molecule has 0 fully saturated rings. The molecule has 1 amide bonds. The third kappa shape index (κ3) is 2.94. The van der Waals surface area contributed by atoms with Crippen LogP contribution in [0.5, 0.6) is 17.2 Å². The summed E-state index contributed by atoms with van der Waals surface area (Å²) in [5.41, 5.74) is -1.18. The Bertz CT molecular complexity index is 1220. The van der Waals surface area contributed by atoms with Crippen molar-refractivity contribution < 1.29 is 34.4 Å². The van der Waals surface area contributed by atoms with E-state index in [9.17, 15) is 24.9 Å². The number of fused-ring (bicyclic) bond motifs is 2. The number of carbonyl (C=O) groups excluding carboxylic acids is 1. The lowest BCUT2D eigenvalue weighted by Crippen LogP contribution is -2.49. The number of aliphatic hydroxyl groups is 1. The maximum absolute atomic E-state index is 14.1. The van der Waals surface area contributed by atoms with Crippen molar-refractivity contribution in [1.82, 2.24) is 0 Å². The molecule has 3 N–H and O–H groups in total. The number of rotatable bonds is 5. The largest absolute Gasteiger partial charge is 0.507 e. The molecule has 0 aromatic heterocycles. The number of aliphatic hydroxyl groups excluding tert-OH is 1. The Kier molecular flexibility index (Phi) is 4.72. The van der Waals surface area contributed by atoms with Crippen molar-refractivity contribution in [3.8, 4) is 17.2 Å². The number of allylic oxidation sites excluding steroid dienone is 2. The molecule has 0 saturated carbocycles. The highest BCUT2D eigenvalue weighted by molar-refractivity contribution is 6.11. The van der Waals surface area contributed by atoms with Crippen LogP contribution in [-0.4, -0.2) is 47.1 Å². The van der Waals surface area contributed by atoms with E-state index in [1.54, 1.807) is 55.5 Å². The Morgan fingerprint density at radius 2 is 1.88 bits per heavy atom. The Balaban J connectivity index is 1.65. The molecule has 2 heterocycles. The van der Waals surface area contributed by atoms with Gasteiger partial charge in [-0.3, -0.25) is 9.59 Å². The number of hydrogen-bond donors (Lipinski definition) is 3. The van der Waals surface area contributed by atoms with Crippen LogP contribution in [0.1, 0.15) is 18.1 Å². The summed E-state index contributed by atoms with van der Waals surface area (Å²) in [7, 11) is 0. The van der Waals surface area contributed by atoms with Gasteiger partial charge in [-0.15, -0.1) is 0 Å². The van der Waals surface area contributed by atoms with Crippen molar-refractivity contribution in [2.75, 3.05) is 24.8 Å². The van der Waals surface area contributed by atoms with Crippen molar-refractivity contribution >= 4 is 17.6 Å². The molecular formula is C25H23NO7. The second-order valence-corrected chi connectivity index (χ2v) is 8.76. The molecular weight excluding hydrogens is 426 g/mol. The van der Waals surface area contributed by atoms with Gasteiger partial charge in [0.2, 0.25) is 12.7 Å². The fourth-order valence-corrected chi connectivity index (χ4v) is 5.08. The zero-order valence-electron chi connectivity index (χ0n) is 17.9. The van der Waals surface area contributed by atoms with E-state index in [0.29, 0.717) is 22.7 Å². The van der Waals surface area contributed by atoms with Gasteiger partial charge in [0.25, 0.3) is 0 Å². The summed E-state index contributed by atoms with van der Waals surface area (Å²) in [4.78, 5) is 27.5. The number of ether oxygens (including phenoxy) is 2. The van der Waals surface area contributed by atoms with Gasteiger partial charge in [-0.05, 0) is 17.7 Å². The monoisotopic (exact) mass is 449 g/mol. The highest BCUT2D eigenvalue weighted by atomic mass is 16.7. The topological polar surface area (TPSA) is 117 Å². The number of aromatic hydroxyl groups is 1. The number of para-hydroxylation sites is 1. The van der Waals surface area contributed by atoms with E-state index in [0.717, 1.165) is 0 Å².